The van der Waals surface area contributed by atoms with Crippen molar-refractivity contribution >= 4 is 42.3 Å². The summed E-state index contributed by atoms with van der Waals surface area (Å²) in [7, 11) is 0. The molecule has 0 aromatic rings. The highest BCUT2D eigenvalue weighted by Gasteiger charge is 2.29. The van der Waals surface area contributed by atoms with Gasteiger partial charge in [-0.2, -0.15) is 12.6 Å². The van der Waals surface area contributed by atoms with Gasteiger partial charge in [0.2, 0.25) is 17.7 Å². The molecule has 0 aliphatic heterocycles. The Bertz CT molecular complexity index is 601. The molecule has 12 nitrogen and oxygen atoms in total. The third kappa shape index (κ3) is 9.01. The number of aliphatic hydroxyl groups is 1. The van der Waals surface area contributed by atoms with Crippen molar-refractivity contribution < 1.29 is 39.3 Å². The lowest BCUT2D eigenvalue weighted by Gasteiger charge is -2.24. The van der Waals surface area contributed by atoms with Gasteiger partial charge in [-0.25, -0.2) is 0 Å². The summed E-state index contributed by atoms with van der Waals surface area (Å²) in [4.78, 5) is 58.0. The lowest BCUT2D eigenvalue weighted by molar-refractivity contribution is -0.141. The maximum absolute atomic E-state index is 12.4. The first-order valence-electron chi connectivity index (χ1n) is 8.30. The van der Waals surface area contributed by atoms with E-state index in [0.717, 1.165) is 0 Å². The lowest BCUT2D eigenvalue weighted by Crippen LogP contribution is -2.58. The van der Waals surface area contributed by atoms with Crippen LogP contribution >= 0.6 is 12.6 Å². The fourth-order valence-electron chi connectivity index (χ4n) is 1.87. The van der Waals surface area contributed by atoms with Gasteiger partial charge < -0.3 is 37.0 Å². The van der Waals surface area contributed by atoms with Crippen LogP contribution < -0.4 is 21.7 Å². The first-order valence-corrected chi connectivity index (χ1v) is 8.94. The molecule has 160 valence electrons. The molecular formula is C15H26N4O8S. The van der Waals surface area contributed by atoms with Gasteiger partial charge in [0.25, 0.3) is 0 Å². The Kier molecular flexibility index (Phi) is 11.1. The second-order valence-electron chi connectivity index (χ2n) is 6.07. The molecule has 0 bridgehead atoms. The zero-order valence-electron chi connectivity index (χ0n) is 15.4. The van der Waals surface area contributed by atoms with Crippen LogP contribution in [0.4, 0.5) is 0 Å². The molecule has 13 heteroatoms. The number of nitrogens with two attached hydrogens (primary N) is 1. The summed E-state index contributed by atoms with van der Waals surface area (Å²) >= 11 is 3.93. The molecule has 0 rings (SSSR count). The Morgan fingerprint density at radius 2 is 1.43 bits per heavy atom. The van der Waals surface area contributed by atoms with Crippen LogP contribution in [0.5, 0.6) is 0 Å². The van der Waals surface area contributed by atoms with Crippen molar-refractivity contribution in [2.24, 2.45) is 5.73 Å². The number of nitrogens with one attached hydrogen (secondary N) is 3. The van der Waals surface area contributed by atoms with Gasteiger partial charge in [-0.05, 0) is 20.3 Å². The molecular weight excluding hydrogens is 396 g/mol. The Hall–Kier alpha value is -2.38. The zero-order valence-corrected chi connectivity index (χ0v) is 16.3. The SMILES string of the molecule is CC(NC(=O)C(CS)NC(=O)C(CCC(=O)O)NC(=O)C(N)C(C)O)C(=O)O. The summed E-state index contributed by atoms with van der Waals surface area (Å²) in [6, 6.07) is -5.13. The van der Waals surface area contributed by atoms with E-state index in [1.54, 1.807) is 0 Å². The largest absolute Gasteiger partial charge is 0.481 e. The van der Waals surface area contributed by atoms with Crippen LogP contribution in [0.25, 0.3) is 0 Å². The van der Waals surface area contributed by atoms with E-state index in [9.17, 15) is 29.1 Å². The molecule has 0 aliphatic rings. The molecule has 8 N–H and O–H groups in total. The molecule has 0 aromatic carbocycles. The molecule has 0 heterocycles. The molecule has 28 heavy (non-hydrogen) atoms. The van der Waals surface area contributed by atoms with Crippen LogP contribution in [-0.2, 0) is 24.0 Å². The van der Waals surface area contributed by atoms with Gasteiger partial charge in [0.15, 0.2) is 0 Å². The summed E-state index contributed by atoms with van der Waals surface area (Å²) in [6.07, 6.45) is -1.97. The quantitative estimate of drug-likeness (QED) is 0.151. The summed E-state index contributed by atoms with van der Waals surface area (Å²) in [6.45, 7) is 2.49. The number of carbonyl (C=O) groups excluding carboxylic acids is 3. The summed E-state index contributed by atoms with van der Waals surface area (Å²) in [5.74, 6) is -5.27. The van der Waals surface area contributed by atoms with Gasteiger partial charge in [0.1, 0.15) is 24.2 Å². The van der Waals surface area contributed by atoms with Crippen molar-refractivity contribution in [3.05, 3.63) is 0 Å². The number of amides is 3. The average molecular weight is 422 g/mol. The number of aliphatic hydroxyl groups excluding tert-OH is 1. The standard InChI is InChI=1S/C15H26N4O8S/c1-6(15(26)27)17-13(24)9(5-28)19-12(23)8(3-4-10(21)22)18-14(25)11(16)7(2)20/h6-9,11,20,28H,3-5,16H2,1-2H3,(H,17,24)(H,18,25)(H,19,23)(H,21,22)(H,26,27). The molecule has 0 spiro atoms. The Morgan fingerprint density at radius 1 is 0.929 bits per heavy atom. The lowest BCUT2D eigenvalue weighted by atomic mass is 10.1. The molecule has 5 unspecified atom stereocenters. The first-order chi connectivity index (χ1) is 12.9. The van der Waals surface area contributed by atoms with Gasteiger partial charge in [0.05, 0.1) is 6.10 Å². The highest BCUT2D eigenvalue weighted by atomic mass is 32.1. The highest BCUT2D eigenvalue weighted by molar-refractivity contribution is 7.80. The van der Waals surface area contributed by atoms with E-state index in [2.05, 4.69) is 28.6 Å². The summed E-state index contributed by atoms with van der Waals surface area (Å²) < 4.78 is 0. The Morgan fingerprint density at radius 3 is 1.86 bits per heavy atom. The molecule has 0 saturated heterocycles. The third-order valence-electron chi connectivity index (χ3n) is 3.65. The minimum atomic E-state index is -1.35. The fourth-order valence-corrected chi connectivity index (χ4v) is 2.12. The molecule has 0 aromatic heterocycles. The van der Waals surface area contributed by atoms with Crippen LogP contribution in [0, 0.1) is 0 Å². The van der Waals surface area contributed by atoms with Gasteiger partial charge in [0, 0.05) is 12.2 Å². The fraction of sp³-hybridized carbons (Fsp3) is 0.667. The molecule has 5 atom stereocenters. The van der Waals surface area contributed by atoms with Crippen LogP contribution in [-0.4, -0.2) is 81.0 Å². The van der Waals surface area contributed by atoms with Gasteiger partial charge in [-0.3, -0.25) is 24.0 Å². The smallest absolute Gasteiger partial charge is 0.325 e. The summed E-state index contributed by atoms with van der Waals surface area (Å²) in [5, 5.41) is 33.6. The normalized spacial score (nSPS) is 16.0. The molecule has 3 amide bonds. The van der Waals surface area contributed by atoms with Gasteiger partial charge in [-0.1, -0.05) is 0 Å². The highest BCUT2D eigenvalue weighted by Crippen LogP contribution is 2.02. The van der Waals surface area contributed by atoms with Crippen molar-refractivity contribution in [2.45, 2.75) is 57.0 Å². The van der Waals surface area contributed by atoms with E-state index in [4.69, 9.17) is 15.9 Å². The Balaban J connectivity index is 5.17. The van der Waals surface area contributed by atoms with E-state index in [1.165, 1.54) is 13.8 Å². The van der Waals surface area contributed by atoms with Gasteiger partial charge >= 0.3 is 11.9 Å². The van der Waals surface area contributed by atoms with Crippen LogP contribution in [0.15, 0.2) is 0 Å². The van der Waals surface area contributed by atoms with Gasteiger partial charge in [-0.15, -0.1) is 0 Å². The Labute approximate surface area is 166 Å². The number of carboxylic acids is 2. The topological polar surface area (TPSA) is 208 Å². The number of hydrogen-bond acceptors (Lipinski definition) is 8. The van der Waals surface area contributed by atoms with Crippen LogP contribution in [0.1, 0.15) is 26.7 Å². The van der Waals surface area contributed by atoms with Crippen molar-refractivity contribution in [1.29, 1.82) is 0 Å². The molecule has 0 fully saturated rings. The van der Waals surface area contributed by atoms with E-state index >= 15 is 0 Å². The van der Waals surface area contributed by atoms with Crippen molar-refractivity contribution in [3.8, 4) is 0 Å². The minimum Gasteiger partial charge on any atom is -0.481 e. The number of hydrogen-bond donors (Lipinski definition) is 8. The number of carboxylic acid groups (broad SMARTS) is 2. The van der Waals surface area contributed by atoms with Crippen LogP contribution in [0.3, 0.4) is 0 Å². The number of rotatable bonds is 12. The predicted octanol–water partition coefficient (Wildman–Crippen LogP) is -2.95. The van der Waals surface area contributed by atoms with E-state index in [1.807, 2.05) is 0 Å². The summed E-state index contributed by atoms with van der Waals surface area (Å²) in [5.41, 5.74) is 5.48. The van der Waals surface area contributed by atoms with Crippen molar-refractivity contribution in [3.63, 3.8) is 0 Å². The minimum absolute atomic E-state index is 0.184. The third-order valence-corrected chi connectivity index (χ3v) is 4.01. The second-order valence-corrected chi connectivity index (χ2v) is 6.44. The number of carbonyl (C=O) groups is 5. The second kappa shape index (κ2) is 12.2. The predicted molar refractivity (Wildman–Crippen MR) is 99.5 cm³/mol. The van der Waals surface area contributed by atoms with E-state index in [-0.39, 0.29) is 12.2 Å². The maximum atomic E-state index is 12.4. The number of thiol groups is 1. The van der Waals surface area contributed by atoms with E-state index in [0.29, 0.717) is 0 Å². The molecule has 0 saturated carbocycles. The first kappa shape index (κ1) is 25.6. The van der Waals surface area contributed by atoms with Crippen molar-refractivity contribution in [2.75, 3.05) is 5.75 Å². The maximum Gasteiger partial charge on any atom is 0.325 e. The zero-order chi connectivity index (χ0) is 22.0. The monoisotopic (exact) mass is 422 g/mol. The number of aliphatic carboxylic acids is 2. The van der Waals surface area contributed by atoms with Crippen LogP contribution in [0.2, 0.25) is 0 Å². The average Bonchev–Trinajstić information content (AvgIpc) is 2.61. The molecule has 0 aliphatic carbocycles. The van der Waals surface area contributed by atoms with Crippen molar-refractivity contribution in [1.82, 2.24) is 16.0 Å². The van der Waals surface area contributed by atoms with E-state index < -0.39 is 66.4 Å². The molecule has 0 radical (unpaired) electrons.